The summed E-state index contributed by atoms with van der Waals surface area (Å²) in [5.41, 5.74) is 5.69. The van der Waals surface area contributed by atoms with E-state index in [0.29, 0.717) is 16.7 Å². The van der Waals surface area contributed by atoms with Gasteiger partial charge in [-0.25, -0.2) is 4.79 Å². The maximum atomic E-state index is 11.3. The molecule has 0 amide bonds. The van der Waals surface area contributed by atoms with E-state index in [0.717, 1.165) is 0 Å². The fraction of sp³-hybridized carbons (Fsp3) is 0.375. The van der Waals surface area contributed by atoms with Gasteiger partial charge in [-0.3, -0.25) is 0 Å². The Morgan fingerprint density at radius 2 is 2.17 bits per heavy atom. The molecule has 0 saturated carbocycles. The molecule has 0 aliphatic carbocycles. The zero-order chi connectivity index (χ0) is 13.1. The quantitative estimate of drug-likeness (QED) is 0.748. The van der Waals surface area contributed by atoms with Gasteiger partial charge in [0.15, 0.2) is 5.82 Å². The van der Waals surface area contributed by atoms with Crippen molar-refractivity contribution in [2.24, 2.45) is 0 Å². The summed E-state index contributed by atoms with van der Waals surface area (Å²) in [5, 5.41) is 16.2. The number of nitrogen functional groups attached to an aromatic ring is 1. The van der Waals surface area contributed by atoms with Gasteiger partial charge in [0, 0.05) is 7.11 Å². The van der Waals surface area contributed by atoms with E-state index in [9.17, 15) is 4.79 Å². The molecule has 9 nitrogen and oxygen atoms in total. The van der Waals surface area contributed by atoms with Crippen molar-refractivity contribution in [3.8, 4) is 5.13 Å². The van der Waals surface area contributed by atoms with E-state index >= 15 is 0 Å². The highest BCUT2D eigenvalue weighted by Gasteiger charge is 2.20. The first-order valence-electron chi connectivity index (χ1n) is 4.78. The first-order chi connectivity index (χ1) is 8.67. The lowest BCUT2D eigenvalue weighted by atomic mass is 10.4. The summed E-state index contributed by atoms with van der Waals surface area (Å²) in [4.78, 5) is 11.3. The molecule has 0 saturated heterocycles. The Kier molecular flexibility index (Phi) is 3.48. The van der Waals surface area contributed by atoms with Gasteiger partial charge in [-0.05, 0) is 0 Å². The molecule has 2 aromatic heterocycles. The molecule has 0 atom stereocenters. The molecule has 96 valence electrons. The number of anilines is 1. The van der Waals surface area contributed by atoms with E-state index < -0.39 is 5.97 Å². The number of hydrogen-bond acceptors (Lipinski definition) is 9. The molecule has 0 radical (unpaired) electrons. The summed E-state index contributed by atoms with van der Waals surface area (Å²) in [6, 6.07) is 0. The number of nitrogens with zero attached hydrogens (tertiary/aromatic N) is 5. The van der Waals surface area contributed by atoms with Crippen LogP contribution < -0.4 is 5.73 Å². The van der Waals surface area contributed by atoms with Crippen LogP contribution in [0.25, 0.3) is 5.13 Å². The van der Waals surface area contributed by atoms with Crippen molar-refractivity contribution in [3.63, 3.8) is 0 Å². The normalized spacial score (nSPS) is 10.6. The largest absolute Gasteiger partial charge is 0.464 e. The van der Waals surface area contributed by atoms with Crippen LogP contribution in [0.1, 0.15) is 15.5 Å². The van der Waals surface area contributed by atoms with E-state index in [2.05, 4.69) is 25.2 Å². The molecule has 0 aromatic carbocycles. The Balaban J connectivity index is 2.33. The van der Waals surface area contributed by atoms with Crippen LogP contribution in [0.3, 0.4) is 0 Å². The van der Waals surface area contributed by atoms with Crippen LogP contribution in [-0.4, -0.2) is 45.4 Å². The Morgan fingerprint density at radius 1 is 1.39 bits per heavy atom. The lowest BCUT2D eigenvalue weighted by Crippen LogP contribution is -2.07. The Labute approximate surface area is 106 Å². The summed E-state index contributed by atoms with van der Waals surface area (Å²) in [5.74, 6) is -0.595. The fourth-order valence-electron chi connectivity index (χ4n) is 1.18. The standard InChI is InChI=1S/C8H10N6O3S/c1-16-3-4-10-12-8(18-4)14-6(9)5(11-13-14)7(15)17-2/h3,9H2,1-2H3. The number of methoxy groups -OCH3 is 2. The smallest absolute Gasteiger partial charge is 0.362 e. The van der Waals surface area contributed by atoms with Crippen LogP contribution in [0.4, 0.5) is 5.82 Å². The molecule has 0 bridgehead atoms. The van der Waals surface area contributed by atoms with Gasteiger partial charge in [-0.1, -0.05) is 16.6 Å². The highest BCUT2D eigenvalue weighted by Crippen LogP contribution is 2.19. The fourth-order valence-corrected chi connectivity index (χ4v) is 1.96. The predicted molar refractivity (Wildman–Crippen MR) is 61.3 cm³/mol. The average molecular weight is 270 g/mol. The Hall–Kier alpha value is -2.07. The molecule has 2 N–H and O–H groups in total. The van der Waals surface area contributed by atoms with Gasteiger partial charge in [0.2, 0.25) is 10.8 Å². The number of carbonyl (C=O) groups excluding carboxylic acids is 1. The number of ether oxygens (including phenoxy) is 2. The Morgan fingerprint density at radius 3 is 2.83 bits per heavy atom. The summed E-state index contributed by atoms with van der Waals surface area (Å²) in [7, 11) is 2.79. The van der Waals surface area contributed by atoms with Crippen molar-refractivity contribution in [3.05, 3.63) is 10.7 Å². The number of hydrogen-bond donors (Lipinski definition) is 1. The molecule has 0 spiro atoms. The van der Waals surface area contributed by atoms with Crippen molar-refractivity contribution in [1.29, 1.82) is 0 Å². The number of carbonyl (C=O) groups is 1. The number of aromatic nitrogens is 5. The molecule has 2 rings (SSSR count). The SMILES string of the molecule is COCc1nnc(-n2nnc(C(=O)OC)c2N)s1. The van der Waals surface area contributed by atoms with E-state index in [1.807, 2.05) is 0 Å². The van der Waals surface area contributed by atoms with E-state index in [-0.39, 0.29) is 11.5 Å². The van der Waals surface area contributed by atoms with E-state index in [1.165, 1.54) is 23.1 Å². The minimum Gasteiger partial charge on any atom is -0.464 e. The molecule has 10 heteroatoms. The van der Waals surface area contributed by atoms with Gasteiger partial charge < -0.3 is 15.2 Å². The molecule has 0 aliphatic rings. The van der Waals surface area contributed by atoms with Gasteiger partial charge in [0.25, 0.3) is 0 Å². The number of esters is 1. The molecule has 0 unspecified atom stereocenters. The first kappa shape index (κ1) is 12.4. The Bertz CT molecular complexity index is 565. The van der Waals surface area contributed by atoms with Crippen LogP contribution in [0.5, 0.6) is 0 Å². The minimum absolute atomic E-state index is 0.0546. The monoisotopic (exact) mass is 270 g/mol. The molecular weight excluding hydrogens is 260 g/mol. The van der Waals surface area contributed by atoms with Crippen LogP contribution in [-0.2, 0) is 16.1 Å². The van der Waals surface area contributed by atoms with Crippen LogP contribution in [0.15, 0.2) is 0 Å². The molecule has 18 heavy (non-hydrogen) atoms. The van der Waals surface area contributed by atoms with Crippen molar-refractivity contribution in [1.82, 2.24) is 25.2 Å². The predicted octanol–water partition coefficient (Wildman–Crippen LogP) is -0.366. The maximum absolute atomic E-state index is 11.3. The average Bonchev–Trinajstić information content (AvgIpc) is 2.95. The van der Waals surface area contributed by atoms with Gasteiger partial charge in [0.1, 0.15) is 11.6 Å². The third kappa shape index (κ3) is 2.15. The molecule has 2 aromatic rings. The van der Waals surface area contributed by atoms with Gasteiger partial charge in [-0.2, -0.15) is 4.68 Å². The van der Waals surface area contributed by atoms with Crippen molar-refractivity contribution < 1.29 is 14.3 Å². The zero-order valence-electron chi connectivity index (χ0n) is 9.65. The molecule has 0 fully saturated rings. The lowest BCUT2D eigenvalue weighted by Gasteiger charge is -1.97. The molecular formula is C8H10N6O3S. The highest BCUT2D eigenvalue weighted by atomic mass is 32.1. The third-order valence-corrected chi connectivity index (χ3v) is 2.86. The van der Waals surface area contributed by atoms with Gasteiger partial charge >= 0.3 is 5.97 Å². The van der Waals surface area contributed by atoms with Gasteiger partial charge in [0.05, 0.1) is 7.11 Å². The van der Waals surface area contributed by atoms with Crippen molar-refractivity contribution in [2.75, 3.05) is 20.0 Å². The van der Waals surface area contributed by atoms with E-state index in [4.69, 9.17) is 10.5 Å². The first-order valence-corrected chi connectivity index (χ1v) is 5.60. The zero-order valence-corrected chi connectivity index (χ0v) is 10.5. The molecule has 0 aliphatic heterocycles. The van der Waals surface area contributed by atoms with Crippen LogP contribution in [0, 0.1) is 0 Å². The minimum atomic E-state index is -0.652. The summed E-state index contributed by atoms with van der Waals surface area (Å²) < 4.78 is 10.7. The summed E-state index contributed by atoms with van der Waals surface area (Å²) in [6.45, 7) is 0.343. The summed E-state index contributed by atoms with van der Waals surface area (Å²) >= 11 is 1.24. The van der Waals surface area contributed by atoms with Crippen molar-refractivity contribution in [2.45, 2.75) is 6.61 Å². The number of nitrogens with two attached hydrogens (primary N) is 1. The number of rotatable bonds is 4. The van der Waals surface area contributed by atoms with Crippen molar-refractivity contribution >= 4 is 23.1 Å². The van der Waals surface area contributed by atoms with Gasteiger partial charge in [-0.15, -0.1) is 15.3 Å². The lowest BCUT2D eigenvalue weighted by molar-refractivity contribution is 0.0595. The second kappa shape index (κ2) is 5.06. The second-order valence-electron chi connectivity index (χ2n) is 3.14. The second-order valence-corrected chi connectivity index (χ2v) is 4.18. The van der Waals surface area contributed by atoms with Crippen LogP contribution in [0.2, 0.25) is 0 Å². The van der Waals surface area contributed by atoms with E-state index in [1.54, 1.807) is 7.11 Å². The topological polar surface area (TPSA) is 118 Å². The highest BCUT2D eigenvalue weighted by molar-refractivity contribution is 7.13. The summed E-state index contributed by atoms with van der Waals surface area (Å²) in [6.07, 6.45) is 0. The maximum Gasteiger partial charge on any atom is 0.362 e. The third-order valence-electron chi connectivity index (χ3n) is 1.99. The van der Waals surface area contributed by atoms with Crippen LogP contribution >= 0.6 is 11.3 Å². The molecule has 2 heterocycles.